The van der Waals surface area contributed by atoms with Gasteiger partial charge in [0.1, 0.15) is 0 Å². The number of halogens is 2. The lowest BCUT2D eigenvalue weighted by molar-refractivity contribution is -0.685. The van der Waals surface area contributed by atoms with Crippen LogP contribution in [0.3, 0.4) is 0 Å². The van der Waals surface area contributed by atoms with Crippen LogP contribution in [0.1, 0.15) is 27.2 Å². The number of pyridine rings is 1. The standard InChI is InChI=1S/C15H18Br2NO3/c1-9(2)12-5-15(3,21-14(12)20)13(19)8-18-6-10(16)4-11(17)7-18/h4,6-7,9,12H,5,8H2,1-3H3/q+1/t12-,15+/m0/s1. The summed E-state index contributed by atoms with van der Waals surface area (Å²) in [6.45, 7) is 5.83. The summed E-state index contributed by atoms with van der Waals surface area (Å²) in [5, 5.41) is 0. The number of ether oxygens (including phenoxy) is 1. The molecule has 1 aliphatic rings. The fraction of sp³-hybridized carbons (Fsp3) is 0.533. The van der Waals surface area contributed by atoms with E-state index in [0.29, 0.717) is 6.42 Å². The second kappa shape index (κ2) is 6.16. The van der Waals surface area contributed by atoms with Crippen LogP contribution in [0.15, 0.2) is 27.4 Å². The van der Waals surface area contributed by atoms with Gasteiger partial charge < -0.3 is 4.74 Å². The van der Waals surface area contributed by atoms with Crippen LogP contribution in [0.5, 0.6) is 0 Å². The molecule has 21 heavy (non-hydrogen) atoms. The minimum atomic E-state index is -1.02. The zero-order chi connectivity index (χ0) is 15.8. The maximum Gasteiger partial charge on any atom is 0.310 e. The van der Waals surface area contributed by atoms with Gasteiger partial charge in [0.05, 0.1) is 14.9 Å². The normalized spacial score (nSPS) is 25.2. The van der Waals surface area contributed by atoms with E-state index in [1.165, 1.54) is 0 Å². The average Bonchev–Trinajstić information content (AvgIpc) is 2.65. The Bertz CT molecular complexity index is 568. The molecule has 6 heteroatoms. The Morgan fingerprint density at radius 3 is 2.48 bits per heavy atom. The summed E-state index contributed by atoms with van der Waals surface area (Å²) in [7, 11) is 0. The number of nitrogens with zero attached hydrogens (tertiary/aromatic N) is 1. The van der Waals surface area contributed by atoms with Crippen LogP contribution in [0.4, 0.5) is 0 Å². The smallest absolute Gasteiger partial charge is 0.310 e. The zero-order valence-corrected chi connectivity index (χ0v) is 15.4. The van der Waals surface area contributed by atoms with Crippen LogP contribution < -0.4 is 4.57 Å². The lowest BCUT2D eigenvalue weighted by Crippen LogP contribution is -2.46. The summed E-state index contributed by atoms with van der Waals surface area (Å²) < 4.78 is 8.91. The van der Waals surface area contributed by atoms with Crippen LogP contribution in [-0.4, -0.2) is 17.4 Å². The third kappa shape index (κ3) is 3.72. The first kappa shape index (κ1) is 16.6. The monoisotopic (exact) mass is 418 g/mol. The van der Waals surface area contributed by atoms with Crippen LogP contribution >= 0.6 is 31.9 Å². The minimum absolute atomic E-state index is 0.0889. The van der Waals surface area contributed by atoms with Gasteiger partial charge in [-0.25, -0.2) is 0 Å². The molecule has 1 saturated heterocycles. The second-order valence-electron chi connectivity index (χ2n) is 5.97. The van der Waals surface area contributed by atoms with Crippen LogP contribution in [-0.2, 0) is 20.9 Å². The molecule has 4 nitrogen and oxygen atoms in total. The number of hydrogen-bond acceptors (Lipinski definition) is 3. The fourth-order valence-corrected chi connectivity index (χ4v) is 3.83. The van der Waals surface area contributed by atoms with Crippen LogP contribution in [0.25, 0.3) is 0 Å². The van der Waals surface area contributed by atoms with Gasteiger partial charge >= 0.3 is 5.97 Å². The molecule has 2 heterocycles. The molecular formula is C15H18Br2NO3+. The molecule has 2 atom stereocenters. The van der Waals surface area contributed by atoms with E-state index in [0.717, 1.165) is 8.95 Å². The summed E-state index contributed by atoms with van der Waals surface area (Å²) in [6.07, 6.45) is 4.10. The molecule has 1 aliphatic heterocycles. The number of Topliss-reactive ketones (excluding diaryl/α,β-unsaturated/α-hetero) is 1. The third-order valence-corrected chi connectivity index (χ3v) is 4.68. The van der Waals surface area contributed by atoms with E-state index in [1.807, 2.05) is 32.3 Å². The van der Waals surface area contributed by atoms with Crippen molar-refractivity contribution in [2.75, 3.05) is 0 Å². The van der Waals surface area contributed by atoms with Crippen molar-refractivity contribution in [3.05, 3.63) is 27.4 Å². The first-order valence-electron chi connectivity index (χ1n) is 6.82. The Morgan fingerprint density at radius 2 is 2.00 bits per heavy atom. The largest absolute Gasteiger partial charge is 0.451 e. The van der Waals surface area contributed by atoms with Crippen molar-refractivity contribution in [1.82, 2.24) is 0 Å². The number of cyclic esters (lactones) is 1. The van der Waals surface area contributed by atoms with Crippen LogP contribution in [0, 0.1) is 11.8 Å². The van der Waals surface area contributed by atoms with Gasteiger partial charge in [0, 0.05) is 6.42 Å². The van der Waals surface area contributed by atoms with Crippen molar-refractivity contribution in [1.29, 1.82) is 0 Å². The Balaban J connectivity index is 2.15. The van der Waals surface area contributed by atoms with Crippen molar-refractivity contribution in [2.24, 2.45) is 11.8 Å². The highest BCUT2D eigenvalue weighted by molar-refractivity contribution is 9.11. The van der Waals surface area contributed by atoms with Gasteiger partial charge in [0.25, 0.3) is 0 Å². The highest BCUT2D eigenvalue weighted by atomic mass is 79.9. The summed E-state index contributed by atoms with van der Waals surface area (Å²) >= 11 is 6.78. The van der Waals surface area contributed by atoms with Gasteiger partial charge in [0.2, 0.25) is 12.3 Å². The Labute approximate surface area is 141 Å². The lowest BCUT2D eigenvalue weighted by atomic mass is 9.86. The molecule has 0 spiro atoms. The fourth-order valence-electron chi connectivity index (χ4n) is 2.51. The predicted octanol–water partition coefficient (Wildman–Crippen LogP) is 3.05. The molecule has 1 aromatic heterocycles. The van der Waals surface area contributed by atoms with Gasteiger partial charge in [-0.1, -0.05) is 13.8 Å². The molecule has 0 radical (unpaired) electrons. The third-order valence-electron chi connectivity index (χ3n) is 3.81. The Hall–Kier alpha value is -0.750. The van der Waals surface area contributed by atoms with Crippen molar-refractivity contribution in [3.8, 4) is 0 Å². The van der Waals surface area contributed by atoms with Gasteiger partial charge in [-0.2, -0.15) is 4.57 Å². The van der Waals surface area contributed by atoms with E-state index in [2.05, 4.69) is 31.9 Å². The van der Waals surface area contributed by atoms with Crippen molar-refractivity contribution < 1.29 is 18.9 Å². The lowest BCUT2D eigenvalue weighted by Gasteiger charge is -2.19. The SMILES string of the molecule is CC(C)[C@@H]1C[C@](C)(C(=O)C[n+]2cc(Br)cc(Br)c2)OC1=O. The quantitative estimate of drug-likeness (QED) is 0.556. The molecule has 0 N–H and O–H groups in total. The maximum absolute atomic E-state index is 12.5. The van der Waals surface area contributed by atoms with Gasteiger partial charge in [-0.3, -0.25) is 9.59 Å². The van der Waals surface area contributed by atoms with Gasteiger partial charge in [-0.05, 0) is 50.8 Å². The second-order valence-corrected chi connectivity index (χ2v) is 7.81. The number of rotatable bonds is 4. The van der Waals surface area contributed by atoms with Crippen molar-refractivity contribution in [2.45, 2.75) is 39.3 Å². The molecule has 0 aliphatic carbocycles. The Morgan fingerprint density at radius 1 is 1.43 bits per heavy atom. The molecule has 0 unspecified atom stereocenters. The minimum Gasteiger partial charge on any atom is -0.451 e. The van der Waals surface area contributed by atoms with Gasteiger partial charge in [0.15, 0.2) is 18.0 Å². The molecule has 114 valence electrons. The number of esters is 1. The number of hydrogen-bond donors (Lipinski definition) is 0. The van der Waals surface area contributed by atoms with E-state index in [1.54, 1.807) is 11.5 Å². The molecule has 2 rings (SSSR count). The number of aromatic nitrogens is 1. The molecule has 0 amide bonds. The number of ketones is 1. The number of carbonyl (C=O) groups is 2. The maximum atomic E-state index is 12.5. The molecule has 0 aromatic carbocycles. The molecular weight excluding hydrogens is 402 g/mol. The van der Waals surface area contributed by atoms with Gasteiger partial charge in [-0.15, -0.1) is 0 Å². The average molecular weight is 420 g/mol. The van der Waals surface area contributed by atoms with E-state index in [4.69, 9.17) is 4.74 Å². The summed E-state index contributed by atoms with van der Waals surface area (Å²) in [5.74, 6) is -0.367. The Kier molecular flexibility index (Phi) is 4.88. The molecule has 0 saturated carbocycles. The summed E-state index contributed by atoms with van der Waals surface area (Å²) in [6, 6.07) is 1.90. The van der Waals surface area contributed by atoms with E-state index >= 15 is 0 Å². The molecule has 1 aromatic rings. The van der Waals surface area contributed by atoms with Crippen molar-refractivity contribution in [3.63, 3.8) is 0 Å². The van der Waals surface area contributed by atoms with E-state index in [9.17, 15) is 9.59 Å². The highest BCUT2D eigenvalue weighted by Crippen LogP contribution is 2.35. The van der Waals surface area contributed by atoms with Crippen LogP contribution in [0.2, 0.25) is 0 Å². The summed E-state index contributed by atoms with van der Waals surface area (Å²) in [5.41, 5.74) is -1.02. The summed E-state index contributed by atoms with van der Waals surface area (Å²) in [4.78, 5) is 24.4. The van der Waals surface area contributed by atoms with E-state index in [-0.39, 0.29) is 30.1 Å². The van der Waals surface area contributed by atoms with Crippen molar-refractivity contribution >= 4 is 43.6 Å². The highest BCUT2D eigenvalue weighted by Gasteiger charge is 2.50. The van der Waals surface area contributed by atoms with E-state index < -0.39 is 5.60 Å². The first-order chi connectivity index (χ1) is 9.71. The molecule has 0 bridgehead atoms. The first-order valence-corrected chi connectivity index (χ1v) is 8.41. The number of carbonyl (C=O) groups excluding carboxylic acids is 2. The predicted molar refractivity (Wildman–Crippen MR) is 84.5 cm³/mol. The molecule has 1 fully saturated rings. The topological polar surface area (TPSA) is 47.2 Å². The zero-order valence-electron chi connectivity index (χ0n) is 12.2.